The van der Waals surface area contributed by atoms with Crippen LogP contribution in [0.1, 0.15) is 10.4 Å². The summed E-state index contributed by atoms with van der Waals surface area (Å²) in [5.74, 6) is 0.348. The van der Waals surface area contributed by atoms with Crippen LogP contribution in [0.3, 0.4) is 0 Å². The van der Waals surface area contributed by atoms with Crippen LogP contribution in [0.5, 0.6) is 5.75 Å². The van der Waals surface area contributed by atoms with E-state index in [1.807, 2.05) is 29.6 Å². The number of esters is 1. The lowest BCUT2D eigenvalue weighted by molar-refractivity contribution is 0.0603. The zero-order chi connectivity index (χ0) is 13.1. The minimum atomic E-state index is -0.417. The van der Waals surface area contributed by atoms with Gasteiger partial charge in [-0.2, -0.15) is 0 Å². The van der Waals surface area contributed by atoms with Gasteiger partial charge in [0, 0.05) is 10.9 Å². The van der Waals surface area contributed by atoms with E-state index in [1.54, 1.807) is 7.11 Å². The highest BCUT2D eigenvalue weighted by atomic mass is 32.1. The van der Waals surface area contributed by atoms with Gasteiger partial charge in [0.1, 0.15) is 16.3 Å². The molecule has 0 saturated heterocycles. The number of nitrogen functional groups attached to an aromatic ring is 1. The van der Waals surface area contributed by atoms with Gasteiger partial charge in [0.2, 0.25) is 0 Å². The molecule has 18 heavy (non-hydrogen) atoms. The SMILES string of the molecule is COC(=O)c1c(-c2ccc(OC)cc2)csc1N. The van der Waals surface area contributed by atoms with Crippen LogP contribution in [0.2, 0.25) is 0 Å². The lowest BCUT2D eigenvalue weighted by Crippen LogP contribution is -2.04. The Morgan fingerprint density at radius 2 is 1.89 bits per heavy atom. The van der Waals surface area contributed by atoms with E-state index in [-0.39, 0.29) is 0 Å². The van der Waals surface area contributed by atoms with Crippen molar-refractivity contribution in [3.63, 3.8) is 0 Å². The zero-order valence-corrected chi connectivity index (χ0v) is 10.9. The van der Waals surface area contributed by atoms with Crippen molar-refractivity contribution in [2.24, 2.45) is 0 Å². The van der Waals surface area contributed by atoms with Crippen LogP contribution < -0.4 is 10.5 Å². The lowest BCUT2D eigenvalue weighted by Gasteiger charge is -2.05. The molecule has 0 radical (unpaired) electrons. The van der Waals surface area contributed by atoms with E-state index in [0.29, 0.717) is 10.6 Å². The number of nitrogens with two attached hydrogens (primary N) is 1. The molecule has 2 rings (SSSR count). The summed E-state index contributed by atoms with van der Waals surface area (Å²) in [6.07, 6.45) is 0. The molecular formula is C13H13NO3S. The summed E-state index contributed by atoms with van der Waals surface area (Å²) in [6.45, 7) is 0. The van der Waals surface area contributed by atoms with E-state index < -0.39 is 5.97 Å². The molecule has 0 amide bonds. The molecule has 4 nitrogen and oxygen atoms in total. The van der Waals surface area contributed by atoms with E-state index in [4.69, 9.17) is 15.2 Å². The molecule has 0 aliphatic carbocycles. The van der Waals surface area contributed by atoms with Crippen LogP contribution in [0.4, 0.5) is 5.00 Å². The molecule has 0 atom stereocenters. The molecule has 0 aliphatic rings. The predicted octanol–water partition coefficient (Wildman–Crippen LogP) is 2.79. The molecule has 94 valence electrons. The monoisotopic (exact) mass is 263 g/mol. The quantitative estimate of drug-likeness (QED) is 0.865. The molecule has 2 N–H and O–H groups in total. The van der Waals surface area contributed by atoms with Crippen molar-refractivity contribution >= 4 is 22.3 Å². The predicted molar refractivity (Wildman–Crippen MR) is 72.1 cm³/mol. The first-order valence-electron chi connectivity index (χ1n) is 5.27. The third kappa shape index (κ3) is 2.17. The van der Waals surface area contributed by atoms with Gasteiger partial charge in [0.15, 0.2) is 0 Å². The number of hydrogen-bond donors (Lipinski definition) is 1. The average molecular weight is 263 g/mol. The van der Waals surface area contributed by atoms with Crippen LogP contribution >= 0.6 is 11.3 Å². The first kappa shape index (κ1) is 12.4. The van der Waals surface area contributed by atoms with Gasteiger partial charge >= 0.3 is 5.97 Å². The second kappa shape index (κ2) is 5.10. The number of methoxy groups -OCH3 is 2. The molecule has 5 heteroatoms. The molecule has 1 heterocycles. The summed E-state index contributed by atoms with van der Waals surface area (Å²) >= 11 is 1.33. The number of anilines is 1. The Kier molecular flexibility index (Phi) is 3.53. The topological polar surface area (TPSA) is 61.5 Å². The van der Waals surface area contributed by atoms with E-state index in [1.165, 1.54) is 18.4 Å². The third-order valence-electron chi connectivity index (χ3n) is 2.61. The summed E-state index contributed by atoms with van der Waals surface area (Å²) in [5.41, 5.74) is 7.92. The molecular weight excluding hydrogens is 250 g/mol. The van der Waals surface area contributed by atoms with Gasteiger partial charge in [-0.1, -0.05) is 12.1 Å². The second-order valence-corrected chi connectivity index (χ2v) is 4.52. The number of benzene rings is 1. The molecule has 1 aromatic carbocycles. The standard InChI is InChI=1S/C13H13NO3S/c1-16-9-5-3-8(4-6-9)10-7-18-12(14)11(10)13(15)17-2/h3-7H,14H2,1-2H3. The fourth-order valence-corrected chi connectivity index (χ4v) is 2.48. The summed E-state index contributed by atoms with van der Waals surface area (Å²) in [5, 5.41) is 2.32. The molecule has 0 bridgehead atoms. The maximum Gasteiger partial charge on any atom is 0.341 e. The number of carbonyl (C=O) groups excluding carboxylic acids is 1. The van der Waals surface area contributed by atoms with Gasteiger partial charge in [-0.3, -0.25) is 0 Å². The fraction of sp³-hybridized carbons (Fsp3) is 0.154. The Morgan fingerprint density at radius 1 is 1.22 bits per heavy atom. The highest BCUT2D eigenvalue weighted by Crippen LogP contribution is 2.34. The molecule has 0 fully saturated rings. The lowest BCUT2D eigenvalue weighted by atomic mass is 10.0. The first-order chi connectivity index (χ1) is 8.67. The van der Waals surface area contributed by atoms with E-state index in [2.05, 4.69) is 0 Å². The number of rotatable bonds is 3. The third-order valence-corrected chi connectivity index (χ3v) is 3.42. The van der Waals surface area contributed by atoms with E-state index in [9.17, 15) is 4.79 Å². The largest absolute Gasteiger partial charge is 0.497 e. The van der Waals surface area contributed by atoms with Gasteiger partial charge in [0.25, 0.3) is 0 Å². The average Bonchev–Trinajstić information content (AvgIpc) is 2.80. The minimum Gasteiger partial charge on any atom is -0.497 e. The van der Waals surface area contributed by atoms with Gasteiger partial charge < -0.3 is 15.2 Å². The van der Waals surface area contributed by atoms with Crippen molar-refractivity contribution in [1.29, 1.82) is 0 Å². The normalized spacial score (nSPS) is 10.1. The highest BCUT2D eigenvalue weighted by molar-refractivity contribution is 7.14. The second-order valence-electron chi connectivity index (χ2n) is 3.61. The molecule has 2 aromatic rings. The van der Waals surface area contributed by atoms with Gasteiger partial charge in [-0.25, -0.2) is 4.79 Å². The Morgan fingerprint density at radius 3 is 2.44 bits per heavy atom. The number of hydrogen-bond acceptors (Lipinski definition) is 5. The van der Waals surface area contributed by atoms with Crippen molar-refractivity contribution in [3.05, 3.63) is 35.2 Å². The first-order valence-corrected chi connectivity index (χ1v) is 6.15. The van der Waals surface area contributed by atoms with Gasteiger partial charge in [-0.15, -0.1) is 11.3 Å². The van der Waals surface area contributed by atoms with Crippen molar-refractivity contribution < 1.29 is 14.3 Å². The molecule has 0 spiro atoms. The maximum atomic E-state index is 11.7. The number of ether oxygens (including phenoxy) is 2. The van der Waals surface area contributed by atoms with Crippen LogP contribution in [-0.4, -0.2) is 20.2 Å². The Bertz CT molecular complexity index is 560. The Balaban J connectivity index is 2.47. The number of carbonyl (C=O) groups is 1. The highest BCUT2D eigenvalue weighted by Gasteiger charge is 2.18. The summed E-state index contributed by atoms with van der Waals surface area (Å²) in [7, 11) is 2.95. The molecule has 0 unspecified atom stereocenters. The summed E-state index contributed by atoms with van der Waals surface area (Å²) < 4.78 is 9.84. The molecule has 0 saturated carbocycles. The molecule has 1 aromatic heterocycles. The van der Waals surface area contributed by atoms with Crippen LogP contribution in [0, 0.1) is 0 Å². The van der Waals surface area contributed by atoms with E-state index >= 15 is 0 Å². The van der Waals surface area contributed by atoms with Crippen LogP contribution in [0.25, 0.3) is 11.1 Å². The summed E-state index contributed by atoms with van der Waals surface area (Å²) in [6, 6.07) is 7.44. The smallest absolute Gasteiger partial charge is 0.341 e. The maximum absolute atomic E-state index is 11.7. The molecule has 0 aliphatic heterocycles. The number of thiophene rings is 1. The summed E-state index contributed by atoms with van der Waals surface area (Å²) in [4.78, 5) is 11.7. The van der Waals surface area contributed by atoms with Gasteiger partial charge in [0.05, 0.1) is 14.2 Å². The van der Waals surface area contributed by atoms with E-state index in [0.717, 1.165) is 16.9 Å². The Hall–Kier alpha value is -2.01. The Labute approximate surface area is 109 Å². The van der Waals surface area contributed by atoms with Crippen LogP contribution in [-0.2, 0) is 4.74 Å². The van der Waals surface area contributed by atoms with Crippen molar-refractivity contribution in [2.75, 3.05) is 20.0 Å². The van der Waals surface area contributed by atoms with Crippen molar-refractivity contribution in [3.8, 4) is 16.9 Å². The van der Waals surface area contributed by atoms with Crippen molar-refractivity contribution in [2.45, 2.75) is 0 Å². The zero-order valence-electron chi connectivity index (χ0n) is 10.1. The fourth-order valence-electron chi connectivity index (χ4n) is 1.67. The minimum absolute atomic E-state index is 0.417. The van der Waals surface area contributed by atoms with Crippen molar-refractivity contribution in [1.82, 2.24) is 0 Å². The van der Waals surface area contributed by atoms with Gasteiger partial charge in [-0.05, 0) is 17.7 Å². The van der Waals surface area contributed by atoms with Crippen LogP contribution in [0.15, 0.2) is 29.6 Å².